The van der Waals surface area contributed by atoms with Crippen molar-refractivity contribution in [2.75, 3.05) is 7.11 Å². The Morgan fingerprint density at radius 3 is 2.50 bits per heavy atom. The Hall–Kier alpha value is -2.55. The molecule has 2 aromatic carbocycles. The molecule has 0 aliphatic rings. The lowest BCUT2D eigenvalue weighted by molar-refractivity contribution is 0.104. The summed E-state index contributed by atoms with van der Waals surface area (Å²) in [5, 5.41) is 9.79. The molecule has 0 bridgehead atoms. The molecule has 0 radical (unpaired) electrons. The summed E-state index contributed by atoms with van der Waals surface area (Å²) in [6.45, 7) is 2.01. The molecule has 0 unspecified atom stereocenters. The quantitative estimate of drug-likeness (QED) is 0.680. The van der Waals surface area contributed by atoms with Gasteiger partial charge in [0.05, 0.1) is 7.11 Å². The summed E-state index contributed by atoms with van der Waals surface area (Å²) in [7, 11) is 1.47. The number of ether oxygens (including phenoxy) is 1. The van der Waals surface area contributed by atoms with E-state index in [1.54, 1.807) is 18.2 Å². The fourth-order valence-electron chi connectivity index (χ4n) is 1.87. The predicted molar refractivity (Wildman–Crippen MR) is 79.2 cm³/mol. The lowest BCUT2D eigenvalue weighted by Gasteiger charge is -2.07. The zero-order chi connectivity index (χ0) is 14.5. The minimum absolute atomic E-state index is 0.0806. The molecule has 102 valence electrons. The molecule has 0 aromatic heterocycles. The number of carbonyl (C=O) groups is 1. The second kappa shape index (κ2) is 6.06. The number of hydrogen-bond donors (Lipinski definition) is 1. The second-order valence-corrected chi connectivity index (χ2v) is 4.46. The van der Waals surface area contributed by atoms with Gasteiger partial charge in [-0.3, -0.25) is 4.79 Å². The highest BCUT2D eigenvalue weighted by atomic mass is 16.5. The molecule has 0 aliphatic carbocycles. The number of ketones is 1. The van der Waals surface area contributed by atoms with Gasteiger partial charge in [0.25, 0.3) is 0 Å². The number of allylic oxidation sites excluding steroid dienone is 1. The summed E-state index contributed by atoms with van der Waals surface area (Å²) in [5.74, 6) is -0.00742. The van der Waals surface area contributed by atoms with Gasteiger partial charge in [-0.2, -0.15) is 0 Å². The van der Waals surface area contributed by atoms with E-state index < -0.39 is 0 Å². The number of methoxy groups -OCH3 is 1. The van der Waals surface area contributed by atoms with Gasteiger partial charge in [0.2, 0.25) is 0 Å². The van der Waals surface area contributed by atoms with Crippen molar-refractivity contribution in [1.82, 2.24) is 0 Å². The molecule has 1 N–H and O–H groups in total. The SMILES string of the molecule is COc1cccc(O)c1C(=O)C=Cc1ccc(C)cc1. The molecule has 0 spiro atoms. The van der Waals surface area contributed by atoms with Crippen molar-refractivity contribution in [3.05, 3.63) is 65.2 Å². The fraction of sp³-hybridized carbons (Fsp3) is 0.118. The monoisotopic (exact) mass is 268 g/mol. The highest BCUT2D eigenvalue weighted by molar-refractivity contribution is 6.10. The summed E-state index contributed by atoms with van der Waals surface area (Å²) < 4.78 is 5.10. The second-order valence-electron chi connectivity index (χ2n) is 4.46. The molecule has 2 aromatic rings. The van der Waals surface area contributed by atoms with Crippen molar-refractivity contribution in [2.45, 2.75) is 6.92 Å². The van der Waals surface area contributed by atoms with Gasteiger partial charge in [-0.1, -0.05) is 42.0 Å². The molecule has 2 rings (SSSR count). The maximum absolute atomic E-state index is 12.2. The first-order valence-corrected chi connectivity index (χ1v) is 6.27. The number of hydrogen-bond acceptors (Lipinski definition) is 3. The Balaban J connectivity index is 2.26. The summed E-state index contributed by atoms with van der Waals surface area (Å²) in [5.41, 5.74) is 2.27. The van der Waals surface area contributed by atoms with Gasteiger partial charge in [0.15, 0.2) is 5.78 Å². The van der Waals surface area contributed by atoms with Crippen LogP contribution >= 0.6 is 0 Å². The number of aryl methyl sites for hydroxylation is 1. The third kappa shape index (κ3) is 3.06. The van der Waals surface area contributed by atoms with E-state index in [0.717, 1.165) is 11.1 Å². The number of aromatic hydroxyl groups is 1. The van der Waals surface area contributed by atoms with E-state index in [-0.39, 0.29) is 17.1 Å². The van der Waals surface area contributed by atoms with E-state index >= 15 is 0 Å². The molecule has 0 aliphatic heterocycles. The van der Waals surface area contributed by atoms with Gasteiger partial charge in [-0.25, -0.2) is 0 Å². The first-order valence-electron chi connectivity index (χ1n) is 6.27. The van der Waals surface area contributed by atoms with Crippen LogP contribution < -0.4 is 4.74 Å². The Labute approximate surface area is 118 Å². The number of phenols is 1. The topological polar surface area (TPSA) is 46.5 Å². The summed E-state index contributed by atoms with van der Waals surface area (Å²) in [6.07, 6.45) is 3.15. The Morgan fingerprint density at radius 2 is 1.85 bits per heavy atom. The fourth-order valence-corrected chi connectivity index (χ4v) is 1.87. The lowest BCUT2D eigenvalue weighted by Crippen LogP contribution is -1.99. The predicted octanol–water partition coefficient (Wildman–Crippen LogP) is 3.61. The van der Waals surface area contributed by atoms with Crippen LogP contribution in [0.1, 0.15) is 21.5 Å². The number of rotatable bonds is 4. The summed E-state index contributed by atoms with van der Waals surface area (Å²) in [6, 6.07) is 12.6. The zero-order valence-corrected chi connectivity index (χ0v) is 11.5. The molecule has 0 heterocycles. The van der Waals surface area contributed by atoms with Crippen molar-refractivity contribution in [1.29, 1.82) is 0 Å². The maximum Gasteiger partial charge on any atom is 0.193 e. The Kier molecular flexibility index (Phi) is 4.20. The van der Waals surface area contributed by atoms with Gasteiger partial charge in [0.1, 0.15) is 17.1 Å². The molecule has 0 fully saturated rings. The first-order chi connectivity index (χ1) is 9.61. The third-order valence-corrected chi connectivity index (χ3v) is 2.98. The maximum atomic E-state index is 12.2. The van der Waals surface area contributed by atoms with Crippen LogP contribution in [0, 0.1) is 6.92 Å². The van der Waals surface area contributed by atoms with Gasteiger partial charge in [-0.15, -0.1) is 0 Å². The van der Waals surface area contributed by atoms with Gasteiger partial charge >= 0.3 is 0 Å². The summed E-state index contributed by atoms with van der Waals surface area (Å²) >= 11 is 0. The standard InChI is InChI=1S/C17H16O3/c1-12-6-8-13(9-7-12)10-11-15(19)17-14(18)4-3-5-16(17)20-2/h3-11,18H,1-2H3. The molecule has 3 heteroatoms. The molecule has 0 amide bonds. The van der Waals surface area contributed by atoms with E-state index in [1.165, 1.54) is 19.3 Å². The highest BCUT2D eigenvalue weighted by Gasteiger charge is 2.14. The number of benzene rings is 2. The van der Waals surface area contributed by atoms with E-state index in [0.29, 0.717) is 5.75 Å². The van der Waals surface area contributed by atoms with Gasteiger partial charge in [-0.05, 0) is 30.7 Å². The smallest absolute Gasteiger partial charge is 0.193 e. The average molecular weight is 268 g/mol. The summed E-state index contributed by atoms with van der Waals surface area (Å²) in [4.78, 5) is 12.2. The van der Waals surface area contributed by atoms with Crippen molar-refractivity contribution in [3.8, 4) is 11.5 Å². The highest BCUT2D eigenvalue weighted by Crippen LogP contribution is 2.28. The Bertz CT molecular complexity index is 640. The first kappa shape index (κ1) is 13.9. The zero-order valence-electron chi connectivity index (χ0n) is 11.5. The van der Waals surface area contributed by atoms with E-state index in [4.69, 9.17) is 4.74 Å². The van der Waals surface area contributed by atoms with Crippen molar-refractivity contribution >= 4 is 11.9 Å². The normalized spacial score (nSPS) is 10.7. The molecule has 20 heavy (non-hydrogen) atoms. The molecule has 0 saturated carbocycles. The Morgan fingerprint density at radius 1 is 1.15 bits per heavy atom. The number of carbonyl (C=O) groups excluding carboxylic acids is 1. The van der Waals surface area contributed by atoms with Crippen molar-refractivity contribution < 1.29 is 14.6 Å². The minimum Gasteiger partial charge on any atom is -0.507 e. The van der Waals surface area contributed by atoms with Crippen LogP contribution in [-0.4, -0.2) is 18.0 Å². The third-order valence-electron chi connectivity index (χ3n) is 2.98. The van der Waals surface area contributed by atoms with Crippen LogP contribution in [0.2, 0.25) is 0 Å². The number of phenolic OH excluding ortho intramolecular Hbond substituents is 1. The van der Waals surface area contributed by atoms with Crippen LogP contribution in [0.5, 0.6) is 11.5 Å². The van der Waals surface area contributed by atoms with E-state index in [2.05, 4.69) is 0 Å². The molecule has 3 nitrogen and oxygen atoms in total. The molecular weight excluding hydrogens is 252 g/mol. The van der Waals surface area contributed by atoms with Crippen molar-refractivity contribution in [2.24, 2.45) is 0 Å². The molecule has 0 saturated heterocycles. The molecular formula is C17H16O3. The van der Waals surface area contributed by atoms with Crippen LogP contribution in [-0.2, 0) is 0 Å². The van der Waals surface area contributed by atoms with Crippen LogP contribution in [0.15, 0.2) is 48.5 Å². The van der Waals surface area contributed by atoms with Crippen molar-refractivity contribution in [3.63, 3.8) is 0 Å². The van der Waals surface area contributed by atoms with Crippen LogP contribution in [0.25, 0.3) is 6.08 Å². The largest absolute Gasteiger partial charge is 0.507 e. The average Bonchev–Trinajstić information content (AvgIpc) is 2.46. The van der Waals surface area contributed by atoms with Crippen LogP contribution in [0.4, 0.5) is 0 Å². The molecule has 0 atom stereocenters. The van der Waals surface area contributed by atoms with Gasteiger partial charge in [0, 0.05) is 0 Å². The van der Waals surface area contributed by atoms with E-state index in [9.17, 15) is 9.90 Å². The lowest BCUT2D eigenvalue weighted by atomic mass is 10.1. The van der Waals surface area contributed by atoms with E-state index in [1.807, 2.05) is 31.2 Å². The van der Waals surface area contributed by atoms with Crippen LogP contribution in [0.3, 0.4) is 0 Å². The van der Waals surface area contributed by atoms with Gasteiger partial charge < -0.3 is 9.84 Å². The minimum atomic E-state index is -0.291.